The molecule has 1 fully saturated rings. The summed E-state index contributed by atoms with van der Waals surface area (Å²) in [5.74, 6) is 0.370. The van der Waals surface area contributed by atoms with E-state index in [1.54, 1.807) is 8.61 Å². The predicted octanol–water partition coefficient (Wildman–Crippen LogP) is 2.78. The van der Waals surface area contributed by atoms with Gasteiger partial charge in [0.1, 0.15) is 0 Å². The highest BCUT2D eigenvalue weighted by Crippen LogP contribution is 2.32. The molecule has 0 radical (unpaired) electrons. The molecule has 6 heteroatoms. The number of benzene rings is 1. The molecular formula is C15H21ClN2O2S. The third kappa shape index (κ3) is 2.79. The van der Waals surface area contributed by atoms with Crippen LogP contribution in [0.3, 0.4) is 0 Å². The quantitative estimate of drug-likeness (QED) is 0.800. The summed E-state index contributed by atoms with van der Waals surface area (Å²) in [6.07, 6.45) is 4.65. The Bertz CT molecular complexity index is 605. The molecule has 1 saturated heterocycles. The minimum Gasteiger partial charge on any atom is -0.257 e. The number of alkyl halides is 1. The molecule has 1 aromatic rings. The van der Waals surface area contributed by atoms with Gasteiger partial charge in [-0.3, -0.25) is 4.31 Å². The van der Waals surface area contributed by atoms with Crippen molar-refractivity contribution in [1.29, 1.82) is 0 Å². The second-order valence-electron chi connectivity index (χ2n) is 5.73. The lowest BCUT2D eigenvalue weighted by Gasteiger charge is -2.39. The average molecular weight is 329 g/mol. The maximum absolute atomic E-state index is 13.1. The van der Waals surface area contributed by atoms with E-state index in [-0.39, 0.29) is 6.04 Å². The van der Waals surface area contributed by atoms with Crippen LogP contribution < -0.4 is 4.31 Å². The molecule has 1 unspecified atom stereocenters. The summed E-state index contributed by atoms with van der Waals surface area (Å²) in [7, 11) is -3.48. The van der Waals surface area contributed by atoms with E-state index in [1.807, 2.05) is 24.3 Å². The van der Waals surface area contributed by atoms with Crippen molar-refractivity contribution in [2.75, 3.05) is 23.3 Å². The van der Waals surface area contributed by atoms with Crippen LogP contribution in [0.25, 0.3) is 0 Å². The summed E-state index contributed by atoms with van der Waals surface area (Å²) in [4.78, 5) is 0. The molecule has 0 bridgehead atoms. The summed E-state index contributed by atoms with van der Waals surface area (Å²) < 4.78 is 29.3. The van der Waals surface area contributed by atoms with E-state index in [9.17, 15) is 8.42 Å². The van der Waals surface area contributed by atoms with Gasteiger partial charge in [0.25, 0.3) is 0 Å². The first-order valence-corrected chi connectivity index (χ1v) is 9.51. The zero-order chi connectivity index (χ0) is 14.9. The summed E-state index contributed by atoms with van der Waals surface area (Å²) in [6, 6.07) is 7.73. The maximum atomic E-state index is 13.1. The van der Waals surface area contributed by atoms with E-state index in [2.05, 4.69) is 0 Å². The highest BCUT2D eigenvalue weighted by molar-refractivity contribution is 7.90. The van der Waals surface area contributed by atoms with E-state index in [1.165, 1.54) is 0 Å². The van der Waals surface area contributed by atoms with Crippen LogP contribution in [-0.2, 0) is 16.6 Å². The van der Waals surface area contributed by atoms with E-state index < -0.39 is 10.2 Å². The number of aryl methyl sites for hydroxylation is 1. The summed E-state index contributed by atoms with van der Waals surface area (Å²) in [5.41, 5.74) is 1.95. The number of para-hydroxylation sites is 1. The molecule has 2 heterocycles. The van der Waals surface area contributed by atoms with E-state index in [0.717, 1.165) is 43.4 Å². The number of rotatable bonds is 3. The van der Waals surface area contributed by atoms with Gasteiger partial charge in [0.2, 0.25) is 0 Å². The second-order valence-corrected chi connectivity index (χ2v) is 7.84. The van der Waals surface area contributed by atoms with E-state index >= 15 is 0 Å². The number of piperidine rings is 1. The van der Waals surface area contributed by atoms with Gasteiger partial charge in [-0.25, -0.2) is 0 Å². The van der Waals surface area contributed by atoms with Gasteiger partial charge in [-0.1, -0.05) is 24.6 Å². The molecule has 116 valence electrons. The number of anilines is 1. The van der Waals surface area contributed by atoms with Crippen molar-refractivity contribution >= 4 is 27.5 Å². The smallest absolute Gasteiger partial charge is 0.257 e. The Balaban J connectivity index is 1.95. The molecule has 2 aliphatic rings. The molecule has 0 N–H and O–H groups in total. The minimum absolute atomic E-state index is 0.0699. The van der Waals surface area contributed by atoms with Gasteiger partial charge >= 0.3 is 10.2 Å². The van der Waals surface area contributed by atoms with Gasteiger partial charge in [0.15, 0.2) is 0 Å². The minimum atomic E-state index is -3.48. The van der Waals surface area contributed by atoms with Crippen LogP contribution in [0.4, 0.5) is 5.69 Å². The fourth-order valence-electron chi connectivity index (χ4n) is 3.30. The van der Waals surface area contributed by atoms with Crippen LogP contribution >= 0.6 is 11.6 Å². The Kier molecular flexibility index (Phi) is 4.43. The van der Waals surface area contributed by atoms with E-state index in [4.69, 9.17) is 11.6 Å². The zero-order valence-electron chi connectivity index (χ0n) is 12.0. The Morgan fingerprint density at radius 1 is 1.14 bits per heavy atom. The van der Waals surface area contributed by atoms with Crippen LogP contribution in [-0.4, -0.2) is 37.7 Å². The standard InChI is InChI=1S/C15H21ClN2O2S/c16-12-14-8-3-4-10-17(14)21(19,20)18-11-5-7-13-6-1-2-9-15(13)18/h1-2,6,9,14H,3-5,7-8,10-12H2. The lowest BCUT2D eigenvalue weighted by atomic mass is 10.0. The third-order valence-electron chi connectivity index (χ3n) is 4.39. The topological polar surface area (TPSA) is 40.6 Å². The molecule has 0 saturated carbocycles. The lowest BCUT2D eigenvalue weighted by Crippen LogP contribution is -2.52. The van der Waals surface area contributed by atoms with Crippen molar-refractivity contribution in [3.63, 3.8) is 0 Å². The number of nitrogens with zero attached hydrogens (tertiary/aromatic N) is 2. The SMILES string of the molecule is O=S(=O)(N1CCCc2ccccc21)N1CCCCC1CCl. The predicted molar refractivity (Wildman–Crippen MR) is 86.1 cm³/mol. The molecule has 1 atom stereocenters. The lowest BCUT2D eigenvalue weighted by molar-refractivity contribution is 0.270. The Morgan fingerprint density at radius 3 is 2.76 bits per heavy atom. The second kappa shape index (κ2) is 6.15. The van der Waals surface area contributed by atoms with Gasteiger partial charge < -0.3 is 0 Å². The van der Waals surface area contributed by atoms with Crippen LogP contribution in [0.2, 0.25) is 0 Å². The first-order chi connectivity index (χ1) is 10.1. The molecule has 1 aromatic carbocycles. The van der Waals surface area contributed by atoms with Gasteiger partial charge in [-0.05, 0) is 37.3 Å². The van der Waals surface area contributed by atoms with Crippen LogP contribution in [0.1, 0.15) is 31.2 Å². The molecule has 0 aromatic heterocycles. The third-order valence-corrected chi connectivity index (χ3v) is 6.76. The van der Waals surface area contributed by atoms with Crippen LogP contribution in [0.15, 0.2) is 24.3 Å². The first kappa shape index (κ1) is 15.1. The Hall–Kier alpha value is -0.780. The monoisotopic (exact) mass is 328 g/mol. The van der Waals surface area contributed by atoms with Crippen molar-refractivity contribution in [2.45, 2.75) is 38.1 Å². The highest BCUT2D eigenvalue weighted by atomic mass is 35.5. The van der Waals surface area contributed by atoms with Crippen molar-refractivity contribution in [3.8, 4) is 0 Å². The normalized spacial score (nSPS) is 23.9. The molecule has 0 spiro atoms. The van der Waals surface area contributed by atoms with Crippen molar-refractivity contribution in [3.05, 3.63) is 29.8 Å². The van der Waals surface area contributed by atoms with Crippen molar-refractivity contribution in [2.24, 2.45) is 0 Å². The molecule has 21 heavy (non-hydrogen) atoms. The summed E-state index contributed by atoms with van der Waals surface area (Å²) in [5, 5.41) is 0. The maximum Gasteiger partial charge on any atom is 0.304 e. The first-order valence-electron chi connectivity index (χ1n) is 7.58. The summed E-state index contributed by atoms with van der Waals surface area (Å²) >= 11 is 6.00. The largest absolute Gasteiger partial charge is 0.304 e. The fourth-order valence-corrected chi connectivity index (χ4v) is 5.66. The molecule has 4 nitrogen and oxygen atoms in total. The molecule has 3 rings (SSSR count). The number of fused-ring (bicyclic) bond motifs is 1. The number of halogens is 1. The fraction of sp³-hybridized carbons (Fsp3) is 0.600. The van der Waals surface area contributed by atoms with Crippen molar-refractivity contribution in [1.82, 2.24) is 4.31 Å². The van der Waals surface area contributed by atoms with Crippen molar-refractivity contribution < 1.29 is 8.42 Å². The van der Waals surface area contributed by atoms with Gasteiger partial charge in [-0.2, -0.15) is 12.7 Å². The number of hydrogen-bond acceptors (Lipinski definition) is 2. The van der Waals surface area contributed by atoms with Gasteiger partial charge in [-0.15, -0.1) is 11.6 Å². The zero-order valence-corrected chi connectivity index (χ0v) is 13.6. The molecule has 0 aliphatic carbocycles. The Morgan fingerprint density at radius 2 is 1.95 bits per heavy atom. The molecule has 0 amide bonds. The molecular weight excluding hydrogens is 308 g/mol. The average Bonchev–Trinajstić information content (AvgIpc) is 2.54. The Labute approximate surface area is 131 Å². The van der Waals surface area contributed by atoms with E-state index in [0.29, 0.717) is 19.0 Å². The number of hydrogen-bond donors (Lipinski definition) is 0. The van der Waals surface area contributed by atoms with Crippen LogP contribution in [0.5, 0.6) is 0 Å². The van der Waals surface area contributed by atoms with Gasteiger partial charge in [0.05, 0.1) is 5.69 Å². The summed E-state index contributed by atoms with van der Waals surface area (Å²) in [6.45, 7) is 1.14. The van der Waals surface area contributed by atoms with Gasteiger partial charge in [0, 0.05) is 25.0 Å². The highest BCUT2D eigenvalue weighted by Gasteiger charge is 2.37. The molecule has 2 aliphatic heterocycles. The van der Waals surface area contributed by atoms with Crippen LogP contribution in [0, 0.1) is 0 Å².